The SMILES string of the molecule is Cc1ccc(CNCc2cccc(O)c2O)s1. The van der Waals surface area contributed by atoms with Crippen LogP contribution in [0.2, 0.25) is 0 Å². The first-order valence-corrected chi connectivity index (χ1v) is 6.24. The molecule has 0 spiro atoms. The second kappa shape index (κ2) is 5.21. The van der Waals surface area contributed by atoms with Crippen LogP contribution in [0.4, 0.5) is 0 Å². The van der Waals surface area contributed by atoms with Gasteiger partial charge >= 0.3 is 0 Å². The Hall–Kier alpha value is -1.52. The summed E-state index contributed by atoms with van der Waals surface area (Å²) in [7, 11) is 0. The first-order valence-electron chi connectivity index (χ1n) is 5.42. The molecule has 1 aromatic carbocycles. The van der Waals surface area contributed by atoms with E-state index in [0.29, 0.717) is 12.1 Å². The fourth-order valence-electron chi connectivity index (χ4n) is 1.62. The number of thiophene rings is 1. The first-order chi connectivity index (χ1) is 8.16. The lowest BCUT2D eigenvalue weighted by Gasteiger charge is -2.06. The van der Waals surface area contributed by atoms with E-state index in [2.05, 4.69) is 24.4 Å². The molecule has 0 aliphatic heterocycles. The van der Waals surface area contributed by atoms with Gasteiger partial charge in [-0.1, -0.05) is 12.1 Å². The van der Waals surface area contributed by atoms with Gasteiger partial charge in [-0.15, -0.1) is 11.3 Å². The molecule has 0 unspecified atom stereocenters. The van der Waals surface area contributed by atoms with E-state index in [1.165, 1.54) is 15.8 Å². The van der Waals surface area contributed by atoms with Crippen molar-refractivity contribution in [3.63, 3.8) is 0 Å². The van der Waals surface area contributed by atoms with Crippen molar-refractivity contribution in [3.8, 4) is 11.5 Å². The van der Waals surface area contributed by atoms with Gasteiger partial charge in [0.1, 0.15) is 0 Å². The Morgan fingerprint density at radius 3 is 2.65 bits per heavy atom. The van der Waals surface area contributed by atoms with Crippen LogP contribution in [0.1, 0.15) is 15.3 Å². The lowest BCUT2D eigenvalue weighted by molar-refractivity contribution is 0.398. The highest BCUT2D eigenvalue weighted by Crippen LogP contribution is 2.28. The van der Waals surface area contributed by atoms with E-state index in [4.69, 9.17) is 0 Å². The molecule has 3 N–H and O–H groups in total. The molecule has 1 heterocycles. The summed E-state index contributed by atoms with van der Waals surface area (Å²) in [4.78, 5) is 2.56. The van der Waals surface area contributed by atoms with E-state index < -0.39 is 0 Å². The van der Waals surface area contributed by atoms with Crippen molar-refractivity contribution < 1.29 is 10.2 Å². The highest BCUT2D eigenvalue weighted by molar-refractivity contribution is 7.11. The van der Waals surface area contributed by atoms with Gasteiger partial charge in [0.25, 0.3) is 0 Å². The average molecular weight is 249 g/mol. The number of nitrogens with one attached hydrogen (secondary N) is 1. The van der Waals surface area contributed by atoms with Crippen LogP contribution in [0.5, 0.6) is 11.5 Å². The minimum absolute atomic E-state index is 0.0395. The van der Waals surface area contributed by atoms with Crippen LogP contribution in [0.25, 0.3) is 0 Å². The summed E-state index contributed by atoms with van der Waals surface area (Å²) in [6.07, 6.45) is 0. The van der Waals surface area contributed by atoms with Crippen LogP contribution in [0.3, 0.4) is 0 Å². The molecule has 1 aromatic heterocycles. The molecule has 2 rings (SSSR count). The number of aryl methyl sites for hydroxylation is 1. The van der Waals surface area contributed by atoms with Crippen molar-refractivity contribution in [2.24, 2.45) is 0 Å². The van der Waals surface area contributed by atoms with Crippen molar-refractivity contribution in [1.82, 2.24) is 5.32 Å². The maximum atomic E-state index is 9.61. The zero-order valence-corrected chi connectivity index (χ0v) is 10.4. The molecule has 0 saturated carbocycles. The fourth-order valence-corrected chi connectivity index (χ4v) is 2.48. The lowest BCUT2D eigenvalue weighted by Crippen LogP contribution is -2.11. The molecule has 3 nitrogen and oxygen atoms in total. The summed E-state index contributed by atoms with van der Waals surface area (Å²) in [6, 6.07) is 9.17. The van der Waals surface area contributed by atoms with E-state index in [0.717, 1.165) is 6.54 Å². The minimum atomic E-state index is -0.0729. The fraction of sp³-hybridized carbons (Fsp3) is 0.231. The minimum Gasteiger partial charge on any atom is -0.504 e. The Morgan fingerprint density at radius 1 is 1.12 bits per heavy atom. The Balaban J connectivity index is 1.92. The zero-order chi connectivity index (χ0) is 12.3. The Bertz CT molecular complexity index is 508. The van der Waals surface area contributed by atoms with Gasteiger partial charge in [-0.3, -0.25) is 0 Å². The molecule has 4 heteroatoms. The molecule has 2 aromatic rings. The van der Waals surface area contributed by atoms with Gasteiger partial charge in [0.15, 0.2) is 11.5 Å². The third-order valence-electron chi connectivity index (χ3n) is 2.51. The van der Waals surface area contributed by atoms with Crippen molar-refractivity contribution in [2.75, 3.05) is 0 Å². The summed E-state index contributed by atoms with van der Waals surface area (Å²) in [5.41, 5.74) is 0.707. The number of hydrogen-bond donors (Lipinski definition) is 3. The van der Waals surface area contributed by atoms with Crippen LogP contribution in [-0.2, 0) is 13.1 Å². The van der Waals surface area contributed by atoms with Crippen LogP contribution < -0.4 is 5.32 Å². The number of benzene rings is 1. The summed E-state index contributed by atoms with van der Waals surface area (Å²) in [5.74, 6) is -0.112. The maximum Gasteiger partial charge on any atom is 0.161 e. The molecule has 0 amide bonds. The van der Waals surface area contributed by atoms with Crippen molar-refractivity contribution in [1.29, 1.82) is 0 Å². The van der Waals surface area contributed by atoms with Crippen molar-refractivity contribution in [2.45, 2.75) is 20.0 Å². The molecule has 0 saturated heterocycles. The van der Waals surface area contributed by atoms with Crippen LogP contribution in [-0.4, -0.2) is 10.2 Å². The van der Waals surface area contributed by atoms with Gasteiger partial charge in [-0.25, -0.2) is 0 Å². The first kappa shape index (κ1) is 12.0. The normalized spacial score (nSPS) is 10.6. The number of hydrogen-bond acceptors (Lipinski definition) is 4. The summed E-state index contributed by atoms with van der Waals surface area (Å²) in [6.45, 7) is 3.39. The van der Waals surface area contributed by atoms with E-state index in [9.17, 15) is 10.2 Å². The predicted molar refractivity (Wildman–Crippen MR) is 69.4 cm³/mol. The largest absolute Gasteiger partial charge is 0.504 e. The third kappa shape index (κ3) is 2.99. The molecule has 0 fully saturated rings. The summed E-state index contributed by atoms with van der Waals surface area (Å²) in [5, 5.41) is 22.2. The second-order valence-electron chi connectivity index (χ2n) is 3.90. The van der Waals surface area contributed by atoms with E-state index in [1.807, 2.05) is 0 Å². The monoisotopic (exact) mass is 249 g/mol. The Morgan fingerprint density at radius 2 is 1.94 bits per heavy atom. The highest BCUT2D eigenvalue weighted by atomic mass is 32.1. The number of phenols is 2. The van der Waals surface area contributed by atoms with Gasteiger partial charge in [0.2, 0.25) is 0 Å². The van der Waals surface area contributed by atoms with Crippen LogP contribution >= 0.6 is 11.3 Å². The molecule has 90 valence electrons. The number of rotatable bonds is 4. The standard InChI is InChI=1S/C13H15NO2S/c1-9-5-6-11(17-9)8-14-7-10-3-2-4-12(15)13(10)16/h2-6,14-16H,7-8H2,1H3. The molecule has 0 radical (unpaired) electrons. The number of phenolic OH excluding ortho intramolecular Hbond substituents is 2. The Labute approximate surface area is 104 Å². The molecule has 0 atom stereocenters. The summed E-state index contributed by atoms with van der Waals surface area (Å²) < 4.78 is 0. The molecular weight excluding hydrogens is 234 g/mol. The predicted octanol–water partition coefficient (Wildman–Crippen LogP) is 2.76. The van der Waals surface area contributed by atoms with Gasteiger partial charge in [0, 0.05) is 28.4 Å². The van der Waals surface area contributed by atoms with Crippen LogP contribution in [0.15, 0.2) is 30.3 Å². The van der Waals surface area contributed by atoms with Crippen molar-refractivity contribution in [3.05, 3.63) is 45.6 Å². The number of para-hydroxylation sites is 1. The molecule has 17 heavy (non-hydrogen) atoms. The molecule has 0 bridgehead atoms. The molecule has 0 aliphatic rings. The third-order valence-corrected chi connectivity index (χ3v) is 3.51. The topological polar surface area (TPSA) is 52.5 Å². The van der Waals surface area contributed by atoms with Gasteiger partial charge in [-0.2, -0.15) is 0 Å². The summed E-state index contributed by atoms with van der Waals surface area (Å²) >= 11 is 1.76. The highest BCUT2D eigenvalue weighted by Gasteiger charge is 2.05. The molecule has 0 aliphatic carbocycles. The second-order valence-corrected chi connectivity index (χ2v) is 5.27. The quantitative estimate of drug-likeness (QED) is 0.730. The maximum absolute atomic E-state index is 9.61. The van der Waals surface area contributed by atoms with E-state index in [1.54, 1.807) is 23.5 Å². The lowest BCUT2D eigenvalue weighted by atomic mass is 10.2. The zero-order valence-electron chi connectivity index (χ0n) is 9.60. The average Bonchev–Trinajstić information content (AvgIpc) is 2.70. The van der Waals surface area contributed by atoms with Gasteiger partial charge < -0.3 is 15.5 Å². The smallest absolute Gasteiger partial charge is 0.161 e. The van der Waals surface area contributed by atoms with E-state index >= 15 is 0 Å². The van der Waals surface area contributed by atoms with Gasteiger partial charge in [-0.05, 0) is 25.1 Å². The van der Waals surface area contributed by atoms with Crippen LogP contribution in [0, 0.1) is 6.92 Å². The van der Waals surface area contributed by atoms with Crippen molar-refractivity contribution >= 4 is 11.3 Å². The van der Waals surface area contributed by atoms with E-state index in [-0.39, 0.29) is 11.5 Å². The molecular formula is C13H15NO2S. The number of aromatic hydroxyl groups is 2. The van der Waals surface area contributed by atoms with Gasteiger partial charge in [0.05, 0.1) is 0 Å². The Kier molecular flexibility index (Phi) is 3.66.